The summed E-state index contributed by atoms with van der Waals surface area (Å²) in [6, 6.07) is 2.74. The Kier molecular flexibility index (Phi) is 5.26. The molecule has 2 saturated carbocycles. The van der Waals surface area contributed by atoms with Crippen molar-refractivity contribution in [1.82, 2.24) is 0 Å². The lowest BCUT2D eigenvalue weighted by molar-refractivity contribution is 0.349. The maximum Gasteiger partial charge on any atom is 0.176 e. The van der Waals surface area contributed by atoms with Gasteiger partial charge < -0.3 is 13.6 Å². The van der Waals surface area contributed by atoms with Gasteiger partial charge in [-0.1, -0.05) is 12.8 Å². The zero-order valence-corrected chi connectivity index (χ0v) is 18.8. The van der Waals surface area contributed by atoms with E-state index in [0.29, 0.717) is 24.4 Å². The molecule has 5 heteroatoms. The SMILES string of the molecule is C[Si](C)(C)O[Si](C)(CCC1CCC2OC2C1)CCC1CCC2OC2C1. The van der Waals surface area contributed by atoms with E-state index < -0.39 is 16.6 Å². The minimum absolute atomic E-state index is 0.623. The maximum atomic E-state index is 6.90. The molecule has 0 spiro atoms. The molecule has 4 fully saturated rings. The maximum absolute atomic E-state index is 6.90. The van der Waals surface area contributed by atoms with Gasteiger partial charge in [0.2, 0.25) is 0 Å². The predicted octanol–water partition coefficient (Wildman–Crippen LogP) is 5.33. The van der Waals surface area contributed by atoms with E-state index in [9.17, 15) is 0 Å². The van der Waals surface area contributed by atoms with Crippen LogP contribution in [0.3, 0.4) is 0 Å². The van der Waals surface area contributed by atoms with Crippen LogP contribution in [0.15, 0.2) is 0 Å². The van der Waals surface area contributed by atoms with Gasteiger partial charge in [0.05, 0.1) is 24.4 Å². The van der Waals surface area contributed by atoms with Crippen molar-refractivity contribution in [2.75, 3.05) is 0 Å². The molecule has 0 amide bonds. The van der Waals surface area contributed by atoms with Crippen molar-refractivity contribution in [2.24, 2.45) is 11.8 Å². The van der Waals surface area contributed by atoms with E-state index in [2.05, 4.69) is 26.2 Å². The lowest BCUT2D eigenvalue weighted by atomic mass is 9.87. The number of fused-ring (bicyclic) bond motifs is 2. The van der Waals surface area contributed by atoms with Crippen molar-refractivity contribution in [2.45, 2.75) is 114 Å². The van der Waals surface area contributed by atoms with Crippen LogP contribution in [0.4, 0.5) is 0 Å². The first-order chi connectivity index (χ1) is 11.8. The largest absolute Gasteiger partial charge is 0.456 e. The quantitative estimate of drug-likeness (QED) is 0.420. The highest BCUT2D eigenvalue weighted by Gasteiger charge is 2.46. The van der Waals surface area contributed by atoms with Gasteiger partial charge >= 0.3 is 0 Å². The molecule has 144 valence electrons. The molecule has 2 saturated heterocycles. The van der Waals surface area contributed by atoms with E-state index in [-0.39, 0.29) is 0 Å². The summed E-state index contributed by atoms with van der Waals surface area (Å²) in [7, 11) is -3.05. The van der Waals surface area contributed by atoms with Crippen molar-refractivity contribution in [3.05, 3.63) is 0 Å². The van der Waals surface area contributed by atoms with Gasteiger partial charge in [-0.2, -0.15) is 0 Å². The lowest BCUT2D eigenvalue weighted by Crippen LogP contribution is -2.45. The highest BCUT2D eigenvalue weighted by molar-refractivity contribution is 6.84. The monoisotopic (exact) mass is 382 g/mol. The van der Waals surface area contributed by atoms with Crippen LogP contribution in [-0.4, -0.2) is 41.1 Å². The normalized spacial score (nSPS) is 42.2. The third-order valence-electron chi connectivity index (χ3n) is 6.94. The number of hydrogen-bond acceptors (Lipinski definition) is 3. The number of hydrogen-bond donors (Lipinski definition) is 0. The Balaban J connectivity index is 1.28. The fourth-order valence-corrected chi connectivity index (χ4v) is 14.5. The molecule has 0 bridgehead atoms. The van der Waals surface area contributed by atoms with Crippen LogP contribution in [0.2, 0.25) is 38.3 Å². The minimum atomic E-state index is -1.59. The van der Waals surface area contributed by atoms with Gasteiger partial charge in [-0.05, 0) is 88.6 Å². The Morgan fingerprint density at radius 3 is 1.60 bits per heavy atom. The molecule has 4 aliphatic rings. The topological polar surface area (TPSA) is 34.3 Å². The Morgan fingerprint density at radius 2 is 1.20 bits per heavy atom. The molecule has 0 radical (unpaired) electrons. The molecule has 6 atom stereocenters. The van der Waals surface area contributed by atoms with Gasteiger partial charge in [-0.25, -0.2) is 0 Å². The van der Waals surface area contributed by atoms with Crippen LogP contribution >= 0.6 is 0 Å². The van der Waals surface area contributed by atoms with Crippen LogP contribution in [0, 0.1) is 11.8 Å². The van der Waals surface area contributed by atoms with Crippen LogP contribution in [0.5, 0.6) is 0 Å². The minimum Gasteiger partial charge on any atom is -0.456 e. The van der Waals surface area contributed by atoms with E-state index in [0.717, 1.165) is 11.8 Å². The van der Waals surface area contributed by atoms with Crippen molar-refractivity contribution < 1.29 is 13.6 Å². The molecule has 25 heavy (non-hydrogen) atoms. The average Bonchev–Trinajstić information content (AvgIpc) is 3.42. The second-order valence-electron chi connectivity index (χ2n) is 10.5. The Labute approximate surface area is 156 Å². The second-order valence-corrected chi connectivity index (χ2v) is 19.5. The fourth-order valence-electron chi connectivity index (χ4n) is 5.48. The molecule has 4 rings (SSSR count). The fraction of sp³-hybridized carbons (Fsp3) is 1.00. The van der Waals surface area contributed by atoms with Crippen LogP contribution in [0.1, 0.15) is 51.4 Å². The molecule has 0 aromatic rings. The van der Waals surface area contributed by atoms with Crippen molar-refractivity contribution >= 4 is 16.6 Å². The molecule has 2 aliphatic heterocycles. The smallest absolute Gasteiger partial charge is 0.176 e. The first kappa shape index (κ1) is 18.7. The molecule has 2 heterocycles. The second kappa shape index (κ2) is 7.04. The van der Waals surface area contributed by atoms with Gasteiger partial charge in [-0.15, -0.1) is 0 Å². The Hall–Kier alpha value is 0.314. The summed E-state index contributed by atoms with van der Waals surface area (Å²) in [6.45, 7) is 9.68. The van der Waals surface area contributed by atoms with Gasteiger partial charge in [0.1, 0.15) is 0 Å². The predicted molar refractivity (Wildman–Crippen MR) is 107 cm³/mol. The van der Waals surface area contributed by atoms with E-state index in [1.807, 2.05) is 0 Å². The van der Waals surface area contributed by atoms with Crippen LogP contribution < -0.4 is 0 Å². The molecule has 0 aromatic heterocycles. The summed E-state index contributed by atoms with van der Waals surface area (Å²) in [6.07, 6.45) is 13.4. The lowest BCUT2D eigenvalue weighted by Gasteiger charge is -2.37. The summed E-state index contributed by atoms with van der Waals surface area (Å²) in [5.74, 6) is 1.80. The summed E-state index contributed by atoms with van der Waals surface area (Å²) in [5, 5.41) is 0. The summed E-state index contributed by atoms with van der Waals surface area (Å²) in [5.41, 5.74) is 0. The van der Waals surface area contributed by atoms with E-state index >= 15 is 0 Å². The molecular formula is C20H38O3Si2. The highest BCUT2D eigenvalue weighted by Crippen LogP contribution is 2.44. The molecule has 3 nitrogen and oxygen atoms in total. The average molecular weight is 383 g/mol. The zero-order chi connectivity index (χ0) is 17.7. The van der Waals surface area contributed by atoms with E-state index in [4.69, 9.17) is 13.6 Å². The molecule has 0 aromatic carbocycles. The molecule has 2 aliphatic carbocycles. The zero-order valence-electron chi connectivity index (χ0n) is 16.8. The number of ether oxygens (including phenoxy) is 2. The van der Waals surface area contributed by atoms with Crippen LogP contribution in [0.25, 0.3) is 0 Å². The first-order valence-electron chi connectivity index (χ1n) is 10.8. The Bertz CT molecular complexity index is 446. The van der Waals surface area contributed by atoms with Gasteiger partial charge in [-0.3, -0.25) is 0 Å². The van der Waals surface area contributed by atoms with E-state index in [1.165, 1.54) is 63.5 Å². The van der Waals surface area contributed by atoms with Gasteiger partial charge in [0.15, 0.2) is 16.6 Å². The molecular weight excluding hydrogens is 344 g/mol. The molecule has 6 unspecified atom stereocenters. The van der Waals surface area contributed by atoms with Crippen molar-refractivity contribution in [3.8, 4) is 0 Å². The summed E-state index contributed by atoms with van der Waals surface area (Å²) >= 11 is 0. The first-order valence-corrected chi connectivity index (χ1v) is 17.0. The number of epoxide rings is 2. The van der Waals surface area contributed by atoms with Gasteiger partial charge in [0.25, 0.3) is 0 Å². The molecule has 0 N–H and O–H groups in total. The summed E-state index contributed by atoms with van der Waals surface area (Å²) < 4.78 is 18.4. The number of rotatable bonds is 8. The highest BCUT2D eigenvalue weighted by atomic mass is 28.4. The third kappa shape index (κ3) is 5.19. The Morgan fingerprint density at radius 1 is 0.720 bits per heavy atom. The van der Waals surface area contributed by atoms with Gasteiger partial charge in [0, 0.05) is 0 Å². The summed E-state index contributed by atoms with van der Waals surface area (Å²) in [4.78, 5) is 0. The standard InChI is InChI=1S/C20H38O3Si2/c1-24(2,3)23-25(4,11-9-15-5-7-17-19(13-15)21-17)12-10-16-6-8-18-20(14-16)22-18/h15-20H,5-14H2,1-4H3. The van der Waals surface area contributed by atoms with Crippen molar-refractivity contribution in [1.29, 1.82) is 0 Å². The van der Waals surface area contributed by atoms with Crippen molar-refractivity contribution in [3.63, 3.8) is 0 Å². The van der Waals surface area contributed by atoms with E-state index in [1.54, 1.807) is 0 Å². The van der Waals surface area contributed by atoms with Crippen LogP contribution in [-0.2, 0) is 13.6 Å². The third-order valence-corrected chi connectivity index (χ3v) is 14.1.